The molecule has 0 spiro atoms. The molecule has 0 radical (unpaired) electrons. The van der Waals surface area contributed by atoms with E-state index in [2.05, 4.69) is 0 Å². The Morgan fingerprint density at radius 2 is 2.06 bits per heavy atom. The van der Waals surface area contributed by atoms with Gasteiger partial charge in [-0.25, -0.2) is 0 Å². The fourth-order valence-electron chi connectivity index (χ4n) is 1.54. The summed E-state index contributed by atoms with van der Waals surface area (Å²) in [7, 11) is 1.38. The molecule has 1 aromatic rings. The third-order valence-corrected chi connectivity index (χ3v) is 2.47. The van der Waals surface area contributed by atoms with Gasteiger partial charge in [0.25, 0.3) is 0 Å². The summed E-state index contributed by atoms with van der Waals surface area (Å²) < 4.78 is 6.55. The minimum atomic E-state index is -0.595. The maximum Gasteiger partial charge on any atom is 0.313 e. The Morgan fingerprint density at radius 3 is 2.50 bits per heavy atom. The summed E-state index contributed by atoms with van der Waals surface area (Å²) in [5.74, 6) is -0.236. The Labute approximate surface area is 95.2 Å². The molecule has 0 bridgehead atoms. The Morgan fingerprint density at radius 1 is 1.44 bits per heavy atom. The molecular formula is C12H17NO3. The van der Waals surface area contributed by atoms with Crippen molar-refractivity contribution in [1.29, 1.82) is 0 Å². The molecule has 0 saturated heterocycles. The van der Waals surface area contributed by atoms with Gasteiger partial charge in [0, 0.05) is 24.5 Å². The van der Waals surface area contributed by atoms with Crippen LogP contribution >= 0.6 is 0 Å². The molecule has 0 fully saturated rings. The number of carbonyl (C=O) groups is 2. The summed E-state index contributed by atoms with van der Waals surface area (Å²) in [6.45, 7) is 5.64. The molecule has 0 aromatic carbocycles. The number of carbonyl (C=O) groups excluding carboxylic acids is 2. The molecule has 1 heterocycles. The highest BCUT2D eigenvalue weighted by molar-refractivity contribution is 5.93. The predicted octanol–water partition coefficient (Wildman–Crippen LogP) is 1.89. The summed E-state index contributed by atoms with van der Waals surface area (Å²) in [6.07, 6.45) is 3.54. The molecule has 1 aromatic heterocycles. The number of rotatable bonds is 4. The molecule has 0 unspecified atom stereocenters. The van der Waals surface area contributed by atoms with Crippen molar-refractivity contribution >= 4 is 11.8 Å². The van der Waals surface area contributed by atoms with Crippen LogP contribution in [0.25, 0.3) is 0 Å². The minimum Gasteiger partial charge on any atom is -0.469 e. The van der Waals surface area contributed by atoms with E-state index in [4.69, 9.17) is 4.74 Å². The molecule has 0 N–H and O–H groups in total. The van der Waals surface area contributed by atoms with Crippen LogP contribution in [0.15, 0.2) is 18.5 Å². The van der Waals surface area contributed by atoms with E-state index < -0.39 is 5.41 Å². The molecule has 16 heavy (non-hydrogen) atoms. The topological polar surface area (TPSA) is 48.3 Å². The lowest BCUT2D eigenvalue weighted by molar-refractivity contribution is -0.151. The zero-order valence-corrected chi connectivity index (χ0v) is 10.1. The number of nitrogens with zero attached hydrogens (tertiary/aromatic N) is 1. The summed E-state index contributed by atoms with van der Waals surface area (Å²) >= 11 is 0. The van der Waals surface area contributed by atoms with Gasteiger partial charge in [-0.2, -0.15) is 0 Å². The lowest BCUT2D eigenvalue weighted by Crippen LogP contribution is -2.30. The van der Waals surface area contributed by atoms with Crippen molar-refractivity contribution in [2.45, 2.75) is 27.3 Å². The molecule has 4 nitrogen and oxygen atoms in total. The van der Waals surface area contributed by atoms with Crippen molar-refractivity contribution in [3.63, 3.8) is 0 Å². The first kappa shape index (κ1) is 12.5. The molecule has 0 saturated carbocycles. The summed E-state index contributed by atoms with van der Waals surface area (Å²) in [5, 5.41) is 0. The number of hydrogen-bond acceptors (Lipinski definition) is 3. The van der Waals surface area contributed by atoms with E-state index in [-0.39, 0.29) is 11.8 Å². The first-order valence-corrected chi connectivity index (χ1v) is 5.12. The van der Waals surface area contributed by atoms with Crippen molar-refractivity contribution in [2.75, 3.05) is 7.11 Å². The zero-order chi connectivity index (χ0) is 12.3. The smallest absolute Gasteiger partial charge is 0.313 e. The molecule has 1 rings (SSSR count). The van der Waals surface area contributed by atoms with Gasteiger partial charge in [0.05, 0.1) is 12.5 Å². The van der Waals surface area contributed by atoms with Gasteiger partial charge in [-0.15, -0.1) is 0 Å². The second-order valence-corrected chi connectivity index (χ2v) is 4.50. The average Bonchev–Trinajstić information content (AvgIpc) is 2.64. The quantitative estimate of drug-likeness (QED) is 0.578. The molecule has 0 aliphatic rings. The highest BCUT2D eigenvalue weighted by Crippen LogP contribution is 2.20. The monoisotopic (exact) mass is 223 g/mol. The number of Topliss-reactive ketones (excluding diaryl/α,β-unsaturated/α-hetero) is 1. The largest absolute Gasteiger partial charge is 0.469 e. The maximum absolute atomic E-state index is 11.5. The zero-order valence-electron chi connectivity index (χ0n) is 10.1. The van der Waals surface area contributed by atoms with E-state index in [1.54, 1.807) is 18.5 Å². The molecule has 0 amide bonds. The summed E-state index contributed by atoms with van der Waals surface area (Å²) in [6, 6.07) is 1.75. The SMILES string of the molecule is COC(=O)C(C)(C)Cn1ccc(C(C)=O)c1. The van der Waals surface area contributed by atoms with Crippen LogP contribution in [-0.4, -0.2) is 23.4 Å². The number of aromatic nitrogens is 1. The van der Waals surface area contributed by atoms with E-state index in [0.717, 1.165) is 0 Å². The van der Waals surface area contributed by atoms with Gasteiger partial charge in [0.1, 0.15) is 0 Å². The van der Waals surface area contributed by atoms with Crippen molar-refractivity contribution < 1.29 is 14.3 Å². The highest BCUT2D eigenvalue weighted by Gasteiger charge is 2.29. The summed E-state index contributed by atoms with van der Waals surface area (Å²) in [4.78, 5) is 22.6. The van der Waals surface area contributed by atoms with Crippen LogP contribution in [-0.2, 0) is 16.1 Å². The number of methoxy groups -OCH3 is 1. The van der Waals surface area contributed by atoms with Gasteiger partial charge in [0.2, 0.25) is 0 Å². The highest BCUT2D eigenvalue weighted by atomic mass is 16.5. The maximum atomic E-state index is 11.5. The fourth-order valence-corrected chi connectivity index (χ4v) is 1.54. The first-order chi connectivity index (χ1) is 7.36. The number of esters is 1. The Balaban J connectivity index is 2.80. The first-order valence-electron chi connectivity index (χ1n) is 5.12. The molecule has 0 atom stereocenters. The molecule has 88 valence electrons. The number of hydrogen-bond donors (Lipinski definition) is 0. The van der Waals surface area contributed by atoms with Crippen LogP contribution in [0.2, 0.25) is 0 Å². The van der Waals surface area contributed by atoms with Crippen molar-refractivity contribution in [1.82, 2.24) is 4.57 Å². The standard InChI is InChI=1S/C12H17NO3/c1-9(14)10-5-6-13(7-10)8-12(2,3)11(15)16-4/h5-7H,8H2,1-4H3. The van der Waals surface area contributed by atoms with Crippen LogP contribution in [0.4, 0.5) is 0 Å². The second kappa shape index (κ2) is 4.51. The van der Waals surface area contributed by atoms with Crippen molar-refractivity contribution in [2.24, 2.45) is 5.41 Å². The third kappa shape index (κ3) is 2.72. The lowest BCUT2D eigenvalue weighted by Gasteiger charge is -2.21. The number of ether oxygens (including phenoxy) is 1. The molecular weight excluding hydrogens is 206 g/mol. The van der Waals surface area contributed by atoms with Gasteiger partial charge in [-0.05, 0) is 26.8 Å². The van der Waals surface area contributed by atoms with Gasteiger partial charge >= 0.3 is 5.97 Å². The van der Waals surface area contributed by atoms with Gasteiger partial charge < -0.3 is 9.30 Å². The van der Waals surface area contributed by atoms with Gasteiger partial charge in [0.15, 0.2) is 5.78 Å². The Kier molecular flexibility index (Phi) is 3.52. The van der Waals surface area contributed by atoms with E-state index >= 15 is 0 Å². The van der Waals surface area contributed by atoms with Crippen LogP contribution in [0.3, 0.4) is 0 Å². The Hall–Kier alpha value is -1.58. The van der Waals surface area contributed by atoms with Crippen LogP contribution in [0.5, 0.6) is 0 Å². The lowest BCUT2D eigenvalue weighted by atomic mass is 9.94. The molecule has 0 aliphatic heterocycles. The third-order valence-electron chi connectivity index (χ3n) is 2.47. The average molecular weight is 223 g/mol. The fraction of sp³-hybridized carbons (Fsp3) is 0.500. The molecule has 0 aliphatic carbocycles. The van der Waals surface area contributed by atoms with Crippen LogP contribution < -0.4 is 0 Å². The van der Waals surface area contributed by atoms with Crippen LogP contribution in [0.1, 0.15) is 31.1 Å². The second-order valence-electron chi connectivity index (χ2n) is 4.50. The predicted molar refractivity (Wildman–Crippen MR) is 60.2 cm³/mol. The van der Waals surface area contributed by atoms with Crippen LogP contribution in [0, 0.1) is 5.41 Å². The van der Waals surface area contributed by atoms with Crippen molar-refractivity contribution in [3.05, 3.63) is 24.0 Å². The van der Waals surface area contributed by atoms with Crippen molar-refractivity contribution in [3.8, 4) is 0 Å². The number of ketones is 1. The van der Waals surface area contributed by atoms with Gasteiger partial charge in [-0.1, -0.05) is 0 Å². The van der Waals surface area contributed by atoms with E-state index in [1.165, 1.54) is 14.0 Å². The Bertz CT molecular complexity index is 404. The molecule has 4 heteroatoms. The van der Waals surface area contributed by atoms with E-state index in [0.29, 0.717) is 12.1 Å². The van der Waals surface area contributed by atoms with E-state index in [9.17, 15) is 9.59 Å². The van der Waals surface area contributed by atoms with E-state index in [1.807, 2.05) is 18.4 Å². The minimum absolute atomic E-state index is 0.0228. The van der Waals surface area contributed by atoms with Gasteiger partial charge in [-0.3, -0.25) is 9.59 Å². The normalized spacial score (nSPS) is 11.2. The summed E-state index contributed by atoms with van der Waals surface area (Å²) in [5.41, 5.74) is 0.0580.